The van der Waals surface area contributed by atoms with Crippen molar-refractivity contribution in [2.75, 3.05) is 26.2 Å². The molecule has 1 aromatic rings. The minimum Gasteiger partial charge on any atom is -0.505 e. The normalized spacial score (nSPS) is 21.7. The van der Waals surface area contributed by atoms with Gasteiger partial charge in [0.05, 0.1) is 11.6 Å². The average molecular weight is 317 g/mol. The van der Waals surface area contributed by atoms with Gasteiger partial charge in [-0.15, -0.1) is 0 Å². The van der Waals surface area contributed by atoms with E-state index in [1.807, 2.05) is 6.07 Å². The Bertz CT molecular complexity index is 569. The number of rotatable bonds is 3. The lowest BCUT2D eigenvalue weighted by Crippen LogP contribution is -2.47. The maximum atomic E-state index is 14.1. The summed E-state index contributed by atoms with van der Waals surface area (Å²) < 4.78 is 14.1. The van der Waals surface area contributed by atoms with Gasteiger partial charge in [0.15, 0.2) is 11.6 Å². The molecule has 5 heteroatoms. The van der Waals surface area contributed by atoms with E-state index in [4.69, 9.17) is 5.26 Å². The second-order valence-corrected chi connectivity index (χ2v) is 6.64. The molecule has 23 heavy (non-hydrogen) atoms. The number of piperazine rings is 1. The predicted octanol–water partition coefficient (Wildman–Crippen LogP) is 2.93. The van der Waals surface area contributed by atoms with Crippen LogP contribution in [0, 0.1) is 23.1 Å². The summed E-state index contributed by atoms with van der Waals surface area (Å²) in [6, 6.07) is 4.81. The highest BCUT2D eigenvalue weighted by Gasteiger charge is 2.33. The van der Waals surface area contributed by atoms with Crippen LogP contribution in [0.1, 0.15) is 49.3 Å². The third kappa shape index (κ3) is 3.49. The number of aromatic hydroxyl groups is 1. The Hall–Kier alpha value is -1.64. The molecule has 1 aliphatic heterocycles. The van der Waals surface area contributed by atoms with Crippen molar-refractivity contribution in [1.82, 2.24) is 10.2 Å². The molecule has 0 bridgehead atoms. The minimum absolute atomic E-state index is 0.000185. The molecular weight excluding hydrogens is 293 g/mol. The average Bonchev–Trinajstić information content (AvgIpc) is 2.60. The number of nitriles is 1. The van der Waals surface area contributed by atoms with Gasteiger partial charge in [-0.1, -0.05) is 19.3 Å². The molecule has 4 nitrogen and oxygen atoms in total. The molecule has 2 fully saturated rings. The van der Waals surface area contributed by atoms with E-state index in [-0.39, 0.29) is 17.4 Å². The van der Waals surface area contributed by atoms with Crippen LogP contribution in [-0.2, 0) is 0 Å². The van der Waals surface area contributed by atoms with Gasteiger partial charge in [-0.2, -0.15) is 5.26 Å². The fourth-order valence-electron chi connectivity index (χ4n) is 4.07. The van der Waals surface area contributed by atoms with Gasteiger partial charge in [-0.3, -0.25) is 4.90 Å². The van der Waals surface area contributed by atoms with E-state index >= 15 is 0 Å². The summed E-state index contributed by atoms with van der Waals surface area (Å²) in [6.07, 6.45) is 5.84. The topological polar surface area (TPSA) is 59.3 Å². The molecule has 1 atom stereocenters. The van der Waals surface area contributed by atoms with Gasteiger partial charge in [0.1, 0.15) is 0 Å². The van der Waals surface area contributed by atoms with E-state index in [1.165, 1.54) is 19.3 Å². The summed E-state index contributed by atoms with van der Waals surface area (Å²) in [5.74, 6) is -0.547. The fourth-order valence-corrected chi connectivity index (χ4v) is 4.07. The number of hydrogen-bond donors (Lipinski definition) is 2. The Morgan fingerprint density at radius 2 is 1.91 bits per heavy atom. The summed E-state index contributed by atoms with van der Waals surface area (Å²) in [7, 11) is 0. The Kier molecular flexibility index (Phi) is 5.14. The first kappa shape index (κ1) is 16.2. The molecule has 124 valence electrons. The molecule has 2 aliphatic rings. The summed E-state index contributed by atoms with van der Waals surface area (Å²) in [5, 5.41) is 22.8. The summed E-state index contributed by atoms with van der Waals surface area (Å²) in [4.78, 5) is 2.35. The van der Waals surface area contributed by atoms with Crippen LogP contribution in [0.5, 0.6) is 5.75 Å². The zero-order valence-electron chi connectivity index (χ0n) is 13.4. The number of phenolic OH excluding ortho intramolecular Hbond substituents is 1. The van der Waals surface area contributed by atoms with E-state index in [9.17, 15) is 9.50 Å². The van der Waals surface area contributed by atoms with Crippen molar-refractivity contribution in [3.05, 3.63) is 29.1 Å². The van der Waals surface area contributed by atoms with Gasteiger partial charge >= 0.3 is 0 Å². The molecule has 1 saturated heterocycles. The Morgan fingerprint density at radius 1 is 1.22 bits per heavy atom. The summed E-state index contributed by atoms with van der Waals surface area (Å²) in [5.41, 5.74) is 0.876. The number of benzene rings is 1. The second kappa shape index (κ2) is 7.29. The highest BCUT2D eigenvalue weighted by molar-refractivity contribution is 5.44. The fraction of sp³-hybridized carbons (Fsp3) is 0.611. The lowest BCUT2D eigenvalue weighted by atomic mass is 9.79. The van der Waals surface area contributed by atoms with Crippen molar-refractivity contribution in [3.8, 4) is 11.8 Å². The van der Waals surface area contributed by atoms with Gasteiger partial charge in [-0.05, 0) is 30.9 Å². The quantitative estimate of drug-likeness (QED) is 0.900. The smallest absolute Gasteiger partial charge is 0.166 e. The molecule has 0 spiro atoms. The SMILES string of the molecule is N#Cc1cc(F)c(O)c([C@@H](C2CCCCC2)N2CCNCC2)c1. The third-order valence-electron chi connectivity index (χ3n) is 5.18. The van der Waals surface area contributed by atoms with Crippen LogP contribution in [0.3, 0.4) is 0 Å². The highest BCUT2D eigenvalue weighted by Crippen LogP contribution is 2.42. The van der Waals surface area contributed by atoms with Crippen molar-refractivity contribution in [2.24, 2.45) is 5.92 Å². The van der Waals surface area contributed by atoms with Crippen molar-refractivity contribution in [1.29, 1.82) is 5.26 Å². The molecule has 0 aromatic heterocycles. The lowest BCUT2D eigenvalue weighted by molar-refractivity contribution is 0.101. The van der Waals surface area contributed by atoms with Gasteiger partial charge in [-0.25, -0.2) is 4.39 Å². The standard InChI is InChI=1S/C18H24FN3O/c19-16-11-13(12-20)10-15(18(16)23)17(14-4-2-1-3-5-14)22-8-6-21-7-9-22/h10-11,14,17,21,23H,1-9H2/t17-/m1/s1. The monoisotopic (exact) mass is 317 g/mol. The van der Waals surface area contributed by atoms with E-state index in [1.54, 1.807) is 6.07 Å². The number of phenols is 1. The van der Waals surface area contributed by atoms with Crippen molar-refractivity contribution >= 4 is 0 Å². The van der Waals surface area contributed by atoms with Crippen molar-refractivity contribution in [2.45, 2.75) is 38.1 Å². The van der Waals surface area contributed by atoms with Crippen LogP contribution in [0.25, 0.3) is 0 Å². The van der Waals surface area contributed by atoms with Gasteiger partial charge in [0, 0.05) is 37.8 Å². The van der Waals surface area contributed by atoms with Gasteiger partial charge < -0.3 is 10.4 Å². The van der Waals surface area contributed by atoms with Gasteiger partial charge in [0.25, 0.3) is 0 Å². The Morgan fingerprint density at radius 3 is 2.57 bits per heavy atom. The zero-order chi connectivity index (χ0) is 16.2. The molecule has 1 heterocycles. The van der Waals surface area contributed by atoms with Gasteiger partial charge in [0.2, 0.25) is 0 Å². The van der Waals surface area contributed by atoms with Crippen molar-refractivity contribution in [3.63, 3.8) is 0 Å². The first-order valence-electron chi connectivity index (χ1n) is 8.58. The number of nitrogens with zero attached hydrogens (tertiary/aromatic N) is 2. The number of nitrogens with one attached hydrogen (secondary N) is 1. The molecular formula is C18H24FN3O. The molecule has 1 aliphatic carbocycles. The summed E-state index contributed by atoms with van der Waals surface area (Å²) >= 11 is 0. The maximum Gasteiger partial charge on any atom is 0.166 e. The molecule has 0 amide bonds. The first-order valence-corrected chi connectivity index (χ1v) is 8.58. The molecule has 2 N–H and O–H groups in total. The van der Waals surface area contributed by atoms with E-state index in [0.717, 1.165) is 45.1 Å². The van der Waals surface area contributed by atoms with E-state index < -0.39 is 5.82 Å². The Labute approximate surface area is 136 Å². The van der Waals surface area contributed by atoms with Crippen LogP contribution >= 0.6 is 0 Å². The third-order valence-corrected chi connectivity index (χ3v) is 5.18. The number of hydrogen-bond acceptors (Lipinski definition) is 4. The Balaban J connectivity index is 2.00. The molecule has 0 unspecified atom stereocenters. The minimum atomic E-state index is -0.685. The molecule has 1 aromatic carbocycles. The van der Waals surface area contributed by atoms with Crippen LogP contribution in [0.4, 0.5) is 4.39 Å². The predicted molar refractivity (Wildman–Crippen MR) is 86.5 cm³/mol. The zero-order valence-corrected chi connectivity index (χ0v) is 13.4. The van der Waals surface area contributed by atoms with Crippen LogP contribution < -0.4 is 5.32 Å². The maximum absolute atomic E-state index is 14.1. The first-order chi connectivity index (χ1) is 11.2. The summed E-state index contributed by atoms with van der Waals surface area (Å²) in [6.45, 7) is 3.59. The lowest BCUT2D eigenvalue weighted by Gasteiger charge is -2.41. The van der Waals surface area contributed by atoms with E-state index in [2.05, 4.69) is 10.2 Å². The number of halogens is 1. The second-order valence-electron chi connectivity index (χ2n) is 6.64. The van der Waals surface area contributed by atoms with Crippen LogP contribution in [-0.4, -0.2) is 36.2 Å². The molecule has 3 rings (SSSR count). The highest BCUT2D eigenvalue weighted by atomic mass is 19.1. The molecule has 1 saturated carbocycles. The van der Waals surface area contributed by atoms with E-state index in [0.29, 0.717) is 11.5 Å². The van der Waals surface area contributed by atoms with Crippen molar-refractivity contribution < 1.29 is 9.50 Å². The largest absolute Gasteiger partial charge is 0.505 e. The van der Waals surface area contributed by atoms with Crippen LogP contribution in [0.2, 0.25) is 0 Å². The van der Waals surface area contributed by atoms with Crippen LogP contribution in [0.15, 0.2) is 12.1 Å². The molecule has 0 radical (unpaired) electrons.